The molecule has 0 saturated carbocycles. The Morgan fingerprint density at radius 3 is 1.23 bits per heavy atom. The monoisotopic (exact) mass is 1010 g/mol. The third kappa shape index (κ3) is 11.0. The van der Waals surface area contributed by atoms with Gasteiger partial charge in [-0.25, -0.2) is 9.97 Å². The first-order chi connectivity index (χ1) is 32.0. The number of hydrogen-bond acceptors (Lipinski definition) is 10. The molecule has 9 rings (SSSR count). The highest BCUT2D eigenvalue weighted by molar-refractivity contribution is 7.31. The number of aryl methyl sites for hydroxylation is 2. The number of rotatable bonds is 26. The van der Waals surface area contributed by atoms with E-state index in [1.807, 2.05) is 62.9 Å². The van der Waals surface area contributed by atoms with E-state index >= 15 is 0 Å². The van der Waals surface area contributed by atoms with Crippen molar-refractivity contribution in [2.75, 3.05) is 0 Å². The summed E-state index contributed by atoms with van der Waals surface area (Å²) >= 11 is 15.5. The fourth-order valence-electron chi connectivity index (χ4n) is 9.58. The third-order valence-corrected chi connectivity index (χ3v) is 23.0. The molecule has 0 aromatic carbocycles. The zero-order chi connectivity index (χ0) is 44.6. The number of fused-ring (bicyclic) bond motifs is 3. The molecule has 1 aliphatic rings. The molecule has 0 spiro atoms. The summed E-state index contributed by atoms with van der Waals surface area (Å²) in [5, 5.41) is 2.31. The second-order valence-corrected chi connectivity index (χ2v) is 26.8. The van der Waals surface area contributed by atoms with Gasteiger partial charge in [0.2, 0.25) is 0 Å². The van der Waals surface area contributed by atoms with E-state index in [4.69, 9.17) is 4.98 Å². The zero-order valence-electron chi connectivity index (χ0n) is 38.7. The van der Waals surface area contributed by atoms with E-state index in [1.54, 1.807) is 32.2 Å². The van der Waals surface area contributed by atoms with Crippen molar-refractivity contribution in [1.29, 1.82) is 0 Å². The lowest BCUT2D eigenvalue weighted by atomic mass is 9.71. The summed E-state index contributed by atoms with van der Waals surface area (Å²) in [6, 6.07) is 24.0. The van der Waals surface area contributed by atoms with Crippen LogP contribution in [-0.2, 0) is 11.8 Å². The summed E-state index contributed by atoms with van der Waals surface area (Å²) < 4.78 is 0. The predicted octanol–water partition coefficient (Wildman–Crippen LogP) is 21.6. The smallest absolute Gasteiger partial charge is 0.133 e. The normalized spacial score (nSPS) is 13.0. The van der Waals surface area contributed by atoms with Crippen LogP contribution in [0.4, 0.5) is 0 Å². The summed E-state index contributed by atoms with van der Waals surface area (Å²) in [6.45, 7) is 9.10. The van der Waals surface area contributed by atoms with E-state index in [0.717, 1.165) is 11.4 Å². The van der Waals surface area contributed by atoms with Gasteiger partial charge in [0.15, 0.2) is 0 Å². The Labute approximate surface area is 421 Å². The van der Waals surface area contributed by atoms with Gasteiger partial charge in [0.25, 0.3) is 0 Å². The first-order valence-corrected chi connectivity index (χ1v) is 31.1. The summed E-state index contributed by atoms with van der Waals surface area (Å²) in [5.74, 6) is 0. The van der Waals surface area contributed by atoms with E-state index in [1.165, 1.54) is 186 Å². The van der Waals surface area contributed by atoms with Gasteiger partial charge in [0.1, 0.15) is 10.0 Å². The molecule has 1 aliphatic carbocycles. The topological polar surface area (TPSA) is 25.8 Å². The maximum absolute atomic E-state index is 4.88. The third-order valence-electron chi connectivity index (χ3n) is 13.1. The summed E-state index contributed by atoms with van der Waals surface area (Å²) in [4.78, 5) is 29.1. The minimum atomic E-state index is 0.0864. The highest BCUT2D eigenvalue weighted by Crippen LogP contribution is 2.62. The Balaban J connectivity index is 1.00. The van der Waals surface area contributed by atoms with E-state index in [-0.39, 0.29) is 5.41 Å². The van der Waals surface area contributed by atoms with Crippen LogP contribution in [-0.4, -0.2) is 9.97 Å². The van der Waals surface area contributed by atoms with Crippen molar-refractivity contribution in [2.45, 2.75) is 162 Å². The Hall–Kier alpha value is -2.54. The van der Waals surface area contributed by atoms with Crippen LogP contribution in [0.15, 0.2) is 73.1 Å². The minimum Gasteiger partial charge on any atom is -0.243 e. The van der Waals surface area contributed by atoms with Gasteiger partial charge >= 0.3 is 0 Å². The average Bonchev–Trinajstić information content (AvgIpc) is 4.15. The molecule has 0 amide bonds. The van der Waals surface area contributed by atoms with Crippen LogP contribution >= 0.6 is 90.7 Å². The second kappa shape index (κ2) is 22.7. The largest absolute Gasteiger partial charge is 0.243 e. The van der Waals surface area contributed by atoms with E-state index in [9.17, 15) is 0 Å². The van der Waals surface area contributed by atoms with Crippen molar-refractivity contribution in [3.63, 3.8) is 0 Å². The van der Waals surface area contributed by atoms with Crippen molar-refractivity contribution >= 4 is 90.7 Å². The van der Waals surface area contributed by atoms with Crippen molar-refractivity contribution in [1.82, 2.24) is 9.97 Å². The Kier molecular flexibility index (Phi) is 16.6. The quantitative estimate of drug-likeness (QED) is 0.0505. The fourth-order valence-corrected chi connectivity index (χ4v) is 18.5. The number of unbranched alkanes of at least 4 members (excludes halogenated alkanes) is 14. The molecule has 0 saturated heterocycles. The van der Waals surface area contributed by atoms with Crippen molar-refractivity contribution in [3.05, 3.63) is 93.9 Å². The maximum atomic E-state index is 4.88. The van der Waals surface area contributed by atoms with Gasteiger partial charge in [0.05, 0.1) is 9.75 Å². The van der Waals surface area contributed by atoms with Crippen LogP contribution in [0.1, 0.15) is 164 Å². The van der Waals surface area contributed by atoms with E-state index < -0.39 is 0 Å². The van der Waals surface area contributed by atoms with E-state index in [0.29, 0.717) is 0 Å². The van der Waals surface area contributed by atoms with Gasteiger partial charge in [-0.1, -0.05) is 124 Å². The minimum absolute atomic E-state index is 0.0864. The Morgan fingerprint density at radius 2 is 0.769 bits per heavy atom. The molecule has 0 radical (unpaired) electrons. The van der Waals surface area contributed by atoms with Crippen LogP contribution < -0.4 is 0 Å². The number of hydrogen-bond donors (Lipinski definition) is 0. The van der Waals surface area contributed by atoms with E-state index in [2.05, 4.69) is 122 Å². The van der Waals surface area contributed by atoms with Crippen molar-refractivity contribution in [3.8, 4) is 68.5 Å². The SMILES string of the molecule is CCCCCCCCC1(CCCCCCCC)c2cc(-c3ccc(-c4ccc(-c5ncc(C)s5)s4)s3)sc2-c2sc(-c3ccc(-c4ccc(-c5ncc(CCCCCCC)s5)s4)s3)cc21. The molecule has 0 unspecified atom stereocenters. The molecule has 8 heterocycles. The molecule has 2 nitrogen and oxygen atoms in total. The number of aromatic nitrogens is 2. The zero-order valence-corrected chi connectivity index (χ0v) is 45.3. The Morgan fingerprint density at radius 1 is 0.385 bits per heavy atom. The highest BCUT2D eigenvalue weighted by atomic mass is 32.1. The van der Waals surface area contributed by atoms with Gasteiger partial charge in [0, 0.05) is 76.3 Å². The maximum Gasteiger partial charge on any atom is 0.133 e. The molecule has 65 heavy (non-hydrogen) atoms. The van der Waals surface area contributed by atoms with Crippen LogP contribution in [0.5, 0.6) is 0 Å². The summed E-state index contributed by atoms with van der Waals surface area (Å²) in [6.07, 6.45) is 30.5. The molecule has 0 aliphatic heterocycles. The van der Waals surface area contributed by atoms with Gasteiger partial charge in [-0.3, -0.25) is 0 Å². The van der Waals surface area contributed by atoms with Crippen molar-refractivity contribution in [2.24, 2.45) is 0 Å². The van der Waals surface area contributed by atoms with Crippen LogP contribution in [0, 0.1) is 6.92 Å². The van der Waals surface area contributed by atoms with Gasteiger partial charge in [-0.05, 0) is 104 Å². The standard InChI is InChI=1S/C55H64N2S8/c1-5-8-11-14-17-20-31-55(32-21-18-15-12-9-6-2)39-33-49(45-25-23-41(60-45)43-27-29-47(62-43)53-56-35-37(4)58-53)64-51(39)52-40(55)34-50(65-52)46-26-24-42(61-46)44-28-30-48(63-44)54-57-36-38(59-54)22-19-16-13-10-7-3/h23-30,33-36H,5-22,31-32H2,1-4H3. The number of thiophene rings is 6. The molecule has 0 atom stereocenters. The molecule has 10 heteroatoms. The van der Waals surface area contributed by atoms with Crippen LogP contribution in [0.25, 0.3) is 68.5 Å². The van der Waals surface area contributed by atoms with Crippen molar-refractivity contribution < 1.29 is 0 Å². The number of nitrogens with zero attached hydrogens (tertiary/aromatic N) is 2. The molecule has 0 fully saturated rings. The van der Waals surface area contributed by atoms with Gasteiger partial charge in [-0.15, -0.1) is 90.7 Å². The predicted molar refractivity (Wildman–Crippen MR) is 297 cm³/mol. The van der Waals surface area contributed by atoms with Crippen LogP contribution in [0.3, 0.4) is 0 Å². The first kappa shape index (κ1) is 47.5. The molecule has 0 bridgehead atoms. The average molecular weight is 1010 g/mol. The second-order valence-electron chi connectivity index (χ2n) is 18.1. The lowest BCUT2D eigenvalue weighted by Crippen LogP contribution is -2.25. The number of thiazole rings is 2. The molecule has 342 valence electrons. The summed E-state index contributed by atoms with van der Waals surface area (Å²) in [7, 11) is 0. The molecular formula is C55H64N2S8. The Bertz CT molecular complexity index is 2700. The lowest BCUT2D eigenvalue weighted by molar-refractivity contribution is 0.399. The van der Waals surface area contributed by atoms with Crippen LogP contribution in [0.2, 0.25) is 0 Å². The summed E-state index contributed by atoms with van der Waals surface area (Å²) in [5.41, 5.74) is 3.36. The molecule has 8 aromatic heterocycles. The van der Waals surface area contributed by atoms with Gasteiger partial charge < -0.3 is 0 Å². The first-order valence-electron chi connectivity index (χ1n) is 24.5. The highest BCUT2D eigenvalue weighted by Gasteiger charge is 2.45. The van der Waals surface area contributed by atoms with Gasteiger partial charge in [-0.2, -0.15) is 0 Å². The fraction of sp³-hybridized carbons (Fsp3) is 0.455. The lowest BCUT2D eigenvalue weighted by Gasteiger charge is -2.31. The molecule has 0 N–H and O–H groups in total. The molecule has 8 aromatic rings. The molecular weight excluding hydrogens is 945 g/mol.